The smallest absolute Gasteiger partial charge is 0.192 e. The molecule has 0 spiro atoms. The van der Waals surface area contributed by atoms with Crippen molar-refractivity contribution in [1.29, 1.82) is 0 Å². The maximum absolute atomic E-state index is 10.7. The molecule has 0 bridgehead atoms. The summed E-state index contributed by atoms with van der Waals surface area (Å²) in [7, 11) is 0.0911. The van der Waals surface area contributed by atoms with E-state index in [-0.39, 0.29) is 8.46 Å². The SMILES string of the molecule is O=Pc1cccc2ccccc12. The van der Waals surface area contributed by atoms with E-state index in [1.807, 2.05) is 42.5 Å². The van der Waals surface area contributed by atoms with E-state index in [2.05, 4.69) is 0 Å². The van der Waals surface area contributed by atoms with Crippen LogP contribution in [0.5, 0.6) is 0 Å². The van der Waals surface area contributed by atoms with Gasteiger partial charge in [0.05, 0.1) is 5.30 Å². The lowest BCUT2D eigenvalue weighted by Gasteiger charge is -1.97. The molecule has 0 fully saturated rings. The Kier molecular flexibility index (Phi) is 1.89. The van der Waals surface area contributed by atoms with Crippen LogP contribution in [0.25, 0.3) is 10.8 Å². The van der Waals surface area contributed by atoms with Gasteiger partial charge in [-0.15, -0.1) is 0 Å². The molecule has 0 heterocycles. The summed E-state index contributed by atoms with van der Waals surface area (Å²) in [6.07, 6.45) is 0. The van der Waals surface area contributed by atoms with Gasteiger partial charge in [0.15, 0.2) is 8.46 Å². The van der Waals surface area contributed by atoms with Crippen molar-refractivity contribution in [3.05, 3.63) is 42.5 Å². The molecular weight excluding hydrogens is 167 g/mol. The highest BCUT2D eigenvalue weighted by Crippen LogP contribution is 2.13. The minimum absolute atomic E-state index is 0.0911. The molecule has 2 heteroatoms. The first-order valence-corrected chi connectivity index (χ1v) is 4.54. The first-order valence-electron chi connectivity index (χ1n) is 3.73. The minimum atomic E-state index is 0.0911. The summed E-state index contributed by atoms with van der Waals surface area (Å²) in [5.41, 5.74) is 0. The van der Waals surface area contributed by atoms with Gasteiger partial charge >= 0.3 is 0 Å². The van der Waals surface area contributed by atoms with Gasteiger partial charge in [-0.3, -0.25) is 4.57 Å². The number of hydrogen-bond donors (Lipinski definition) is 0. The van der Waals surface area contributed by atoms with Crippen LogP contribution in [0.2, 0.25) is 0 Å². The third kappa shape index (κ3) is 1.13. The molecule has 2 aromatic rings. The summed E-state index contributed by atoms with van der Waals surface area (Å²) in [5, 5.41) is 3.06. The molecule has 2 aromatic carbocycles. The maximum atomic E-state index is 10.7. The van der Waals surface area contributed by atoms with Crippen LogP contribution in [0.15, 0.2) is 42.5 Å². The Bertz CT molecular complexity index is 418. The van der Waals surface area contributed by atoms with Gasteiger partial charge < -0.3 is 0 Å². The third-order valence-corrected chi connectivity index (χ3v) is 2.45. The maximum Gasteiger partial charge on any atom is 0.192 e. The Morgan fingerprint density at radius 1 is 0.917 bits per heavy atom. The lowest BCUT2D eigenvalue weighted by Crippen LogP contribution is -1.91. The standard InChI is InChI=1S/C10H7OP/c11-12-10-7-3-5-8-4-1-2-6-9(8)10/h1-7H. The highest BCUT2D eigenvalue weighted by molar-refractivity contribution is 7.34. The molecule has 2 rings (SSSR count). The average Bonchev–Trinajstić information content (AvgIpc) is 2.17. The van der Waals surface area contributed by atoms with Crippen molar-refractivity contribution in [2.75, 3.05) is 0 Å². The summed E-state index contributed by atoms with van der Waals surface area (Å²) in [6.45, 7) is 0. The summed E-state index contributed by atoms with van der Waals surface area (Å²) < 4.78 is 10.7. The second-order valence-electron chi connectivity index (χ2n) is 2.59. The zero-order valence-corrected chi connectivity index (χ0v) is 7.29. The summed E-state index contributed by atoms with van der Waals surface area (Å²) >= 11 is 0. The van der Waals surface area contributed by atoms with Crippen molar-refractivity contribution in [2.45, 2.75) is 0 Å². The first-order chi connectivity index (χ1) is 5.92. The van der Waals surface area contributed by atoms with Crippen molar-refractivity contribution in [1.82, 2.24) is 0 Å². The molecule has 1 nitrogen and oxygen atoms in total. The quantitative estimate of drug-likeness (QED) is 0.607. The molecule has 58 valence electrons. The monoisotopic (exact) mass is 174 g/mol. The Hall–Kier alpha value is -1.20. The largest absolute Gasteiger partial charge is 0.269 e. The van der Waals surface area contributed by atoms with E-state index < -0.39 is 0 Å². The number of fused-ring (bicyclic) bond motifs is 1. The van der Waals surface area contributed by atoms with Crippen LogP contribution in [0.1, 0.15) is 0 Å². The fourth-order valence-electron chi connectivity index (χ4n) is 1.29. The van der Waals surface area contributed by atoms with Crippen LogP contribution in [-0.2, 0) is 4.57 Å². The van der Waals surface area contributed by atoms with Crippen LogP contribution < -0.4 is 5.30 Å². The molecule has 0 saturated carbocycles. The van der Waals surface area contributed by atoms with Crippen molar-refractivity contribution in [3.8, 4) is 0 Å². The topological polar surface area (TPSA) is 17.1 Å². The normalized spacial score (nSPS) is 10.7. The van der Waals surface area contributed by atoms with Crippen LogP contribution in [0, 0.1) is 0 Å². The van der Waals surface area contributed by atoms with Crippen molar-refractivity contribution in [2.24, 2.45) is 0 Å². The molecule has 0 radical (unpaired) electrons. The predicted molar refractivity (Wildman–Crippen MR) is 51.2 cm³/mol. The highest BCUT2D eigenvalue weighted by Gasteiger charge is 1.97. The Morgan fingerprint density at radius 3 is 2.50 bits per heavy atom. The number of rotatable bonds is 1. The zero-order chi connectivity index (χ0) is 8.39. The summed E-state index contributed by atoms with van der Waals surface area (Å²) in [5.74, 6) is 0. The van der Waals surface area contributed by atoms with Gasteiger partial charge in [0, 0.05) is 0 Å². The van der Waals surface area contributed by atoms with Gasteiger partial charge in [-0.05, 0) is 16.8 Å². The fourth-order valence-corrected chi connectivity index (χ4v) is 1.74. The van der Waals surface area contributed by atoms with E-state index in [0.717, 1.165) is 16.1 Å². The Balaban J connectivity index is 2.88. The number of hydrogen-bond acceptors (Lipinski definition) is 1. The molecule has 0 aliphatic carbocycles. The average molecular weight is 174 g/mol. The van der Waals surface area contributed by atoms with Gasteiger partial charge in [0.25, 0.3) is 0 Å². The second kappa shape index (κ2) is 3.04. The molecule has 0 N–H and O–H groups in total. The van der Waals surface area contributed by atoms with Gasteiger partial charge in [-0.1, -0.05) is 36.4 Å². The van der Waals surface area contributed by atoms with Crippen molar-refractivity contribution in [3.63, 3.8) is 0 Å². The van der Waals surface area contributed by atoms with Gasteiger partial charge in [-0.25, -0.2) is 0 Å². The third-order valence-electron chi connectivity index (χ3n) is 1.86. The molecule has 0 amide bonds. The zero-order valence-electron chi connectivity index (χ0n) is 6.40. The predicted octanol–water partition coefficient (Wildman–Crippen LogP) is 2.76. The van der Waals surface area contributed by atoms with E-state index >= 15 is 0 Å². The Morgan fingerprint density at radius 2 is 1.67 bits per heavy atom. The molecule has 0 saturated heterocycles. The van der Waals surface area contributed by atoms with Crippen molar-refractivity contribution < 1.29 is 4.57 Å². The minimum Gasteiger partial charge on any atom is -0.269 e. The van der Waals surface area contributed by atoms with Gasteiger partial charge in [0.1, 0.15) is 0 Å². The van der Waals surface area contributed by atoms with E-state index in [1.165, 1.54) is 0 Å². The van der Waals surface area contributed by atoms with Gasteiger partial charge in [0.2, 0.25) is 0 Å². The number of benzene rings is 2. The van der Waals surface area contributed by atoms with Crippen LogP contribution in [-0.4, -0.2) is 0 Å². The molecule has 0 aliphatic heterocycles. The van der Waals surface area contributed by atoms with Crippen molar-refractivity contribution >= 4 is 24.5 Å². The van der Waals surface area contributed by atoms with Crippen LogP contribution in [0.4, 0.5) is 0 Å². The summed E-state index contributed by atoms with van der Waals surface area (Å²) in [4.78, 5) is 0. The second-order valence-corrected chi connectivity index (χ2v) is 3.25. The van der Waals surface area contributed by atoms with E-state index in [1.54, 1.807) is 0 Å². The molecule has 0 aromatic heterocycles. The van der Waals surface area contributed by atoms with Crippen LogP contribution >= 0.6 is 8.46 Å². The van der Waals surface area contributed by atoms with Gasteiger partial charge in [-0.2, -0.15) is 0 Å². The van der Waals surface area contributed by atoms with E-state index in [0.29, 0.717) is 0 Å². The van der Waals surface area contributed by atoms with E-state index in [9.17, 15) is 4.57 Å². The van der Waals surface area contributed by atoms with E-state index in [4.69, 9.17) is 0 Å². The summed E-state index contributed by atoms with van der Waals surface area (Å²) in [6, 6.07) is 13.7. The lowest BCUT2D eigenvalue weighted by molar-refractivity contribution is 0.603. The molecule has 0 unspecified atom stereocenters. The molecule has 0 aliphatic rings. The lowest BCUT2D eigenvalue weighted by atomic mass is 10.1. The first kappa shape index (κ1) is 7.45. The Labute approximate surface area is 72.2 Å². The fraction of sp³-hybridized carbons (Fsp3) is 0. The molecule has 0 atom stereocenters. The highest BCUT2D eigenvalue weighted by atomic mass is 31.1. The van der Waals surface area contributed by atoms with Crippen LogP contribution in [0.3, 0.4) is 0 Å². The molecule has 12 heavy (non-hydrogen) atoms. The molecular formula is C10H7OP.